The lowest BCUT2D eigenvalue weighted by Gasteiger charge is -2.25. The molecular formula is C20H24F3N3O2P2. The van der Waals surface area contributed by atoms with Gasteiger partial charge in [0, 0.05) is 31.2 Å². The van der Waals surface area contributed by atoms with Gasteiger partial charge in [-0.3, -0.25) is 8.79 Å². The van der Waals surface area contributed by atoms with Crippen LogP contribution in [-0.4, -0.2) is 45.2 Å². The van der Waals surface area contributed by atoms with Crippen LogP contribution in [0, 0.1) is 0 Å². The van der Waals surface area contributed by atoms with Crippen molar-refractivity contribution < 1.29 is 22.8 Å². The topological polar surface area (TPSA) is 59.7 Å². The van der Waals surface area contributed by atoms with Crippen LogP contribution >= 0.6 is 16.7 Å². The molecule has 0 bridgehead atoms. The summed E-state index contributed by atoms with van der Waals surface area (Å²) in [6, 6.07) is 10.4. The van der Waals surface area contributed by atoms with Gasteiger partial charge >= 0.3 is 0 Å². The SMILES string of the molecule is CCC1(c2nnc3c(Oc4ccccc4PC(F)F)cccn23)CCP(O)C1.CF. The Morgan fingerprint density at radius 1 is 1.20 bits per heavy atom. The lowest BCUT2D eigenvalue weighted by Crippen LogP contribution is -2.27. The molecule has 1 N–H and O–H groups in total. The van der Waals surface area contributed by atoms with Gasteiger partial charge in [0.05, 0.1) is 7.18 Å². The van der Waals surface area contributed by atoms with Crippen molar-refractivity contribution >= 4 is 27.7 Å². The molecule has 1 saturated heterocycles. The first-order chi connectivity index (χ1) is 14.5. The number of nitrogens with zero attached hydrogens (tertiary/aromatic N) is 3. The number of para-hydroxylation sites is 1. The first kappa shape index (κ1) is 22.9. The summed E-state index contributed by atoms with van der Waals surface area (Å²) in [6.45, 7) is 2.11. The summed E-state index contributed by atoms with van der Waals surface area (Å²) in [6.07, 6.45) is 2.77. The molecule has 0 saturated carbocycles. The standard InChI is InChI=1S/C19H21F2N3O2P2.CH3F/c1-2-19(9-11-28(25)12-19)17-23-22-16-14(7-5-10-24(16)17)26-13-6-3-4-8-15(13)27-18(20)21;1-2/h3-8,10,18,25,27H,2,9,11-12H2,1H3;1H3. The second-order valence-electron chi connectivity index (χ2n) is 6.90. The minimum atomic E-state index is -2.42. The fourth-order valence-electron chi connectivity index (χ4n) is 3.72. The van der Waals surface area contributed by atoms with Crippen LogP contribution in [-0.2, 0) is 5.41 Å². The fourth-order valence-corrected chi connectivity index (χ4v) is 6.49. The monoisotopic (exact) mass is 457 g/mol. The normalized spacial score (nSPS) is 21.4. The number of aromatic nitrogens is 3. The second kappa shape index (κ2) is 10.0. The molecule has 3 atom stereocenters. The van der Waals surface area contributed by atoms with Crippen LogP contribution in [0.4, 0.5) is 13.2 Å². The third-order valence-electron chi connectivity index (χ3n) is 5.26. The molecular weight excluding hydrogens is 433 g/mol. The quantitative estimate of drug-likeness (QED) is 0.525. The highest BCUT2D eigenvalue weighted by Crippen LogP contribution is 2.51. The molecule has 5 nitrogen and oxygen atoms in total. The Kier molecular flexibility index (Phi) is 7.67. The molecule has 1 aliphatic heterocycles. The number of alkyl halides is 3. The average molecular weight is 457 g/mol. The van der Waals surface area contributed by atoms with Gasteiger partial charge in [0.25, 0.3) is 6.17 Å². The molecule has 4 rings (SSSR count). The minimum absolute atomic E-state index is 0.187. The Morgan fingerprint density at radius 2 is 1.93 bits per heavy atom. The molecule has 3 aromatic rings. The molecule has 1 aliphatic rings. The smallest absolute Gasteiger partial charge is 0.256 e. The average Bonchev–Trinajstić information content (AvgIpc) is 3.35. The lowest BCUT2D eigenvalue weighted by molar-refractivity contribution is 0.249. The van der Waals surface area contributed by atoms with Gasteiger partial charge in [-0.25, -0.2) is 8.78 Å². The Balaban J connectivity index is 0.00000124. The maximum Gasteiger partial charge on any atom is 0.256 e. The summed E-state index contributed by atoms with van der Waals surface area (Å²) in [7, 11) is -1.10. The van der Waals surface area contributed by atoms with Gasteiger partial charge in [-0.2, -0.15) is 0 Å². The van der Waals surface area contributed by atoms with Crippen molar-refractivity contribution in [1.82, 2.24) is 14.6 Å². The molecule has 0 radical (unpaired) electrons. The molecule has 10 heteroatoms. The van der Waals surface area contributed by atoms with Crippen LogP contribution in [0.15, 0.2) is 42.6 Å². The molecule has 3 heterocycles. The highest BCUT2D eigenvalue weighted by molar-refractivity contribution is 7.52. The van der Waals surface area contributed by atoms with Crippen molar-refractivity contribution in [3.63, 3.8) is 0 Å². The third-order valence-corrected chi connectivity index (χ3v) is 7.91. The van der Waals surface area contributed by atoms with E-state index in [0.717, 1.165) is 31.0 Å². The minimum Gasteiger partial charge on any atom is -0.453 e. The molecule has 162 valence electrons. The fraction of sp³-hybridized carbons (Fsp3) is 0.400. The zero-order valence-electron chi connectivity index (χ0n) is 16.7. The maximum absolute atomic E-state index is 12.9. The van der Waals surface area contributed by atoms with Gasteiger partial charge in [-0.1, -0.05) is 25.1 Å². The van der Waals surface area contributed by atoms with Crippen molar-refractivity contribution in [3.05, 3.63) is 48.4 Å². The van der Waals surface area contributed by atoms with E-state index in [-0.39, 0.29) is 5.41 Å². The summed E-state index contributed by atoms with van der Waals surface area (Å²) < 4.78 is 43.2. The van der Waals surface area contributed by atoms with Gasteiger partial charge in [0.15, 0.2) is 5.75 Å². The van der Waals surface area contributed by atoms with Crippen LogP contribution in [0.3, 0.4) is 0 Å². The summed E-state index contributed by atoms with van der Waals surface area (Å²) in [4.78, 5) is 10.1. The van der Waals surface area contributed by atoms with Crippen molar-refractivity contribution in [1.29, 1.82) is 0 Å². The van der Waals surface area contributed by atoms with E-state index >= 15 is 0 Å². The van der Waals surface area contributed by atoms with E-state index in [1.807, 2.05) is 16.7 Å². The van der Waals surface area contributed by atoms with Crippen LogP contribution < -0.4 is 10.0 Å². The Bertz CT molecular complexity index is 989. The number of hydrogen-bond acceptors (Lipinski definition) is 4. The van der Waals surface area contributed by atoms with Crippen molar-refractivity contribution in [2.75, 3.05) is 19.5 Å². The largest absolute Gasteiger partial charge is 0.453 e. The third kappa shape index (κ3) is 4.61. The van der Waals surface area contributed by atoms with E-state index in [0.29, 0.717) is 29.6 Å². The van der Waals surface area contributed by atoms with E-state index in [2.05, 4.69) is 17.1 Å². The molecule has 0 spiro atoms. The number of fused-ring (bicyclic) bond motifs is 1. The van der Waals surface area contributed by atoms with Crippen molar-refractivity contribution in [3.8, 4) is 11.5 Å². The maximum atomic E-state index is 12.9. The number of ether oxygens (including phenoxy) is 1. The van der Waals surface area contributed by atoms with Gasteiger partial charge in [-0.05, 0) is 45.8 Å². The zero-order chi connectivity index (χ0) is 21.7. The van der Waals surface area contributed by atoms with Crippen LogP contribution in [0.2, 0.25) is 0 Å². The van der Waals surface area contributed by atoms with Gasteiger partial charge in [-0.15, -0.1) is 10.2 Å². The number of pyridine rings is 1. The number of hydrogen-bond donors (Lipinski definition) is 1. The Labute approximate surface area is 176 Å². The molecule has 0 aliphatic carbocycles. The van der Waals surface area contributed by atoms with Crippen LogP contribution in [0.1, 0.15) is 25.6 Å². The van der Waals surface area contributed by atoms with Gasteiger partial charge in [0.2, 0.25) is 5.65 Å². The molecule has 1 aromatic carbocycles. The Morgan fingerprint density at radius 3 is 2.60 bits per heavy atom. The molecule has 1 fully saturated rings. The van der Waals surface area contributed by atoms with E-state index in [1.165, 1.54) is 0 Å². The lowest BCUT2D eigenvalue weighted by atomic mass is 9.84. The summed E-state index contributed by atoms with van der Waals surface area (Å²) in [5, 5.41) is 9.26. The second-order valence-corrected chi connectivity index (χ2v) is 9.95. The van der Waals surface area contributed by atoms with Crippen LogP contribution in [0.5, 0.6) is 11.5 Å². The summed E-state index contributed by atoms with van der Waals surface area (Å²) in [5.41, 5.74) is 0.364. The first-order valence-corrected chi connectivity index (χ1v) is 12.2. The molecule has 30 heavy (non-hydrogen) atoms. The molecule has 3 unspecified atom stereocenters. The molecule has 2 aromatic heterocycles. The number of rotatable bonds is 6. The zero-order valence-corrected chi connectivity index (χ0v) is 18.6. The highest BCUT2D eigenvalue weighted by Gasteiger charge is 2.42. The van der Waals surface area contributed by atoms with Gasteiger partial charge in [0.1, 0.15) is 11.6 Å². The Hall–Kier alpha value is -1.75. The predicted molar refractivity (Wildman–Crippen MR) is 116 cm³/mol. The van der Waals surface area contributed by atoms with E-state index in [1.54, 1.807) is 30.3 Å². The highest BCUT2D eigenvalue weighted by atomic mass is 31.1. The van der Waals surface area contributed by atoms with E-state index in [9.17, 15) is 18.1 Å². The molecule has 0 amide bonds. The van der Waals surface area contributed by atoms with E-state index < -0.39 is 22.9 Å². The predicted octanol–water partition coefficient (Wildman–Crippen LogP) is 5.07. The van der Waals surface area contributed by atoms with Crippen LogP contribution in [0.25, 0.3) is 5.65 Å². The number of halogens is 3. The van der Waals surface area contributed by atoms with Gasteiger partial charge < -0.3 is 9.63 Å². The number of benzene rings is 1. The summed E-state index contributed by atoms with van der Waals surface area (Å²) >= 11 is 0. The summed E-state index contributed by atoms with van der Waals surface area (Å²) in [5.74, 6) is 1.71. The van der Waals surface area contributed by atoms with Crippen molar-refractivity contribution in [2.24, 2.45) is 0 Å². The first-order valence-electron chi connectivity index (χ1n) is 9.50. The van der Waals surface area contributed by atoms with Crippen molar-refractivity contribution in [2.45, 2.75) is 31.3 Å². The van der Waals surface area contributed by atoms with E-state index in [4.69, 9.17) is 4.74 Å².